The fraction of sp³-hybridized carbons (Fsp3) is 0.615. The first-order chi connectivity index (χ1) is 9.41. The largest absolute Gasteiger partial charge is 0.263 e. The highest BCUT2D eigenvalue weighted by atomic mass is 79.9. The maximum absolute atomic E-state index is 11.7. The molecule has 0 N–H and O–H groups in total. The number of hydrogen-bond acceptors (Lipinski definition) is 3. The van der Waals surface area contributed by atoms with Crippen molar-refractivity contribution in [3.05, 3.63) is 28.5 Å². The van der Waals surface area contributed by atoms with Crippen LogP contribution in [0.15, 0.2) is 22.9 Å². The van der Waals surface area contributed by atoms with Gasteiger partial charge in [0.25, 0.3) is 0 Å². The molecule has 7 heteroatoms. The van der Waals surface area contributed by atoms with Gasteiger partial charge < -0.3 is 0 Å². The van der Waals surface area contributed by atoms with Crippen LogP contribution < -0.4 is 0 Å². The summed E-state index contributed by atoms with van der Waals surface area (Å²) in [7, 11) is -2.94. The van der Waals surface area contributed by atoms with Crippen molar-refractivity contribution in [1.29, 1.82) is 0 Å². The van der Waals surface area contributed by atoms with E-state index >= 15 is 0 Å². The molecule has 1 atom stereocenters. The molecule has 20 heavy (non-hydrogen) atoms. The minimum atomic E-state index is -2.94. The third-order valence-electron chi connectivity index (χ3n) is 3.95. The average molecular weight is 401 g/mol. The van der Waals surface area contributed by atoms with Crippen LogP contribution in [-0.4, -0.2) is 36.7 Å². The maximum atomic E-state index is 11.7. The zero-order valence-electron chi connectivity index (χ0n) is 10.9. The summed E-state index contributed by atoms with van der Waals surface area (Å²) in [6, 6.07) is 1.98. The molecule has 2 rings (SSSR count). The summed E-state index contributed by atoms with van der Waals surface area (Å²) >= 11 is 15.7. The van der Waals surface area contributed by atoms with Crippen molar-refractivity contribution in [1.82, 2.24) is 4.98 Å². The molecular formula is C13H16BrCl2NO2S. The van der Waals surface area contributed by atoms with Crippen LogP contribution in [0.1, 0.15) is 12.0 Å². The van der Waals surface area contributed by atoms with Crippen molar-refractivity contribution in [3.8, 4) is 0 Å². The molecule has 0 aliphatic carbocycles. The fourth-order valence-corrected chi connectivity index (χ4v) is 6.00. The lowest BCUT2D eigenvalue weighted by molar-refractivity contribution is 0.244. The zero-order valence-corrected chi connectivity index (χ0v) is 14.8. The molecule has 1 aliphatic heterocycles. The summed E-state index contributed by atoms with van der Waals surface area (Å²) in [5, 5.41) is 0. The molecule has 0 radical (unpaired) electrons. The number of alkyl halides is 2. The fourth-order valence-electron chi connectivity index (χ4n) is 2.73. The first kappa shape index (κ1) is 16.5. The predicted octanol–water partition coefficient (Wildman–Crippen LogP) is 3.29. The van der Waals surface area contributed by atoms with Gasteiger partial charge in [-0.05, 0) is 46.3 Å². The molecule has 1 fully saturated rings. The molecule has 0 saturated carbocycles. The second-order valence-corrected chi connectivity index (χ2v) is 9.10. The highest BCUT2D eigenvalue weighted by Crippen LogP contribution is 2.41. The molecule has 3 nitrogen and oxygen atoms in total. The Morgan fingerprint density at radius 1 is 1.35 bits per heavy atom. The van der Waals surface area contributed by atoms with Crippen molar-refractivity contribution in [2.45, 2.75) is 12.8 Å². The van der Waals surface area contributed by atoms with Gasteiger partial charge in [0.15, 0.2) is 9.84 Å². The van der Waals surface area contributed by atoms with Gasteiger partial charge in [0.1, 0.15) is 0 Å². The van der Waals surface area contributed by atoms with Gasteiger partial charge in [0, 0.05) is 34.0 Å². The molecule has 112 valence electrons. The summed E-state index contributed by atoms with van der Waals surface area (Å²) in [4.78, 5) is 4.14. The van der Waals surface area contributed by atoms with E-state index in [1.165, 1.54) is 0 Å². The van der Waals surface area contributed by atoms with Gasteiger partial charge in [-0.15, -0.1) is 23.2 Å². The van der Waals surface area contributed by atoms with Gasteiger partial charge in [0.05, 0.1) is 11.5 Å². The average Bonchev–Trinajstić information content (AvgIpc) is 2.77. The molecule has 0 spiro atoms. The molecule has 1 aromatic rings. The number of aromatic nitrogens is 1. The summed E-state index contributed by atoms with van der Waals surface area (Å²) < 4.78 is 24.3. The standard InChI is InChI=1S/C13H16BrCl2NO2S/c14-12-3-10(5-17-6-12)4-13(8-15,9-16)11-1-2-20(18,19)7-11/h3,5-6,11H,1-2,4,7-9H2. The van der Waals surface area contributed by atoms with E-state index in [0.29, 0.717) is 24.6 Å². The second-order valence-electron chi connectivity index (χ2n) is 5.42. The van der Waals surface area contributed by atoms with E-state index in [1.54, 1.807) is 12.4 Å². The summed E-state index contributed by atoms with van der Waals surface area (Å²) in [6.45, 7) is 0. The van der Waals surface area contributed by atoms with Crippen LogP contribution in [0.2, 0.25) is 0 Å². The molecule has 0 bridgehead atoms. The van der Waals surface area contributed by atoms with Crippen LogP contribution in [0.25, 0.3) is 0 Å². The van der Waals surface area contributed by atoms with Crippen molar-refractivity contribution in [3.63, 3.8) is 0 Å². The first-order valence-electron chi connectivity index (χ1n) is 6.32. The first-order valence-corrected chi connectivity index (χ1v) is 10.0. The summed E-state index contributed by atoms with van der Waals surface area (Å²) in [5.41, 5.74) is 0.625. The number of rotatable bonds is 5. The lowest BCUT2D eigenvalue weighted by Crippen LogP contribution is -2.37. The van der Waals surface area contributed by atoms with Crippen LogP contribution in [0, 0.1) is 11.3 Å². The van der Waals surface area contributed by atoms with E-state index in [0.717, 1.165) is 10.0 Å². The normalized spacial score (nSPS) is 22.1. The number of sulfone groups is 1. The molecular weight excluding hydrogens is 385 g/mol. The Labute approximate surface area is 138 Å². The molecule has 1 aliphatic rings. The molecule has 0 aromatic carbocycles. The van der Waals surface area contributed by atoms with Crippen molar-refractivity contribution < 1.29 is 8.42 Å². The number of halogens is 3. The molecule has 2 heterocycles. The third kappa shape index (κ3) is 3.67. The van der Waals surface area contributed by atoms with Gasteiger partial charge in [-0.25, -0.2) is 8.42 Å². The SMILES string of the molecule is O=S1(=O)CCC(C(CCl)(CCl)Cc2cncc(Br)c2)C1. The highest BCUT2D eigenvalue weighted by molar-refractivity contribution is 9.10. The lowest BCUT2D eigenvalue weighted by Gasteiger charge is -2.35. The van der Waals surface area contributed by atoms with Crippen LogP contribution in [0.5, 0.6) is 0 Å². The smallest absolute Gasteiger partial charge is 0.150 e. The topological polar surface area (TPSA) is 47.0 Å². The Morgan fingerprint density at radius 2 is 2.05 bits per heavy atom. The quantitative estimate of drug-likeness (QED) is 0.712. The molecule has 1 aromatic heterocycles. The van der Waals surface area contributed by atoms with E-state index in [1.807, 2.05) is 6.07 Å². The number of pyridine rings is 1. The van der Waals surface area contributed by atoms with Gasteiger partial charge in [-0.2, -0.15) is 0 Å². The maximum Gasteiger partial charge on any atom is 0.150 e. The number of nitrogens with zero attached hydrogens (tertiary/aromatic N) is 1. The van der Waals surface area contributed by atoms with E-state index in [4.69, 9.17) is 23.2 Å². The van der Waals surface area contributed by atoms with Crippen molar-refractivity contribution >= 4 is 49.0 Å². The lowest BCUT2D eigenvalue weighted by atomic mass is 9.74. The number of hydrogen-bond donors (Lipinski definition) is 0. The third-order valence-corrected chi connectivity index (χ3v) is 7.21. The Bertz CT molecular complexity index is 575. The van der Waals surface area contributed by atoms with Gasteiger partial charge in [-0.1, -0.05) is 0 Å². The Hall–Kier alpha value is 0.160. The summed E-state index contributed by atoms with van der Waals surface area (Å²) in [5.74, 6) is 1.14. The molecule has 1 saturated heterocycles. The van der Waals surface area contributed by atoms with Crippen molar-refractivity contribution in [2.24, 2.45) is 11.3 Å². The highest BCUT2D eigenvalue weighted by Gasteiger charge is 2.43. The Balaban J connectivity index is 2.26. The monoisotopic (exact) mass is 399 g/mol. The predicted molar refractivity (Wildman–Crippen MR) is 86.3 cm³/mol. The molecule has 1 unspecified atom stereocenters. The van der Waals surface area contributed by atoms with E-state index in [-0.39, 0.29) is 17.4 Å². The van der Waals surface area contributed by atoms with Gasteiger partial charge >= 0.3 is 0 Å². The van der Waals surface area contributed by atoms with Crippen molar-refractivity contribution in [2.75, 3.05) is 23.3 Å². The summed E-state index contributed by atoms with van der Waals surface area (Å²) in [6.07, 6.45) is 4.78. The van der Waals surface area contributed by atoms with Crippen LogP contribution >= 0.6 is 39.1 Å². The van der Waals surface area contributed by atoms with Gasteiger partial charge in [0.2, 0.25) is 0 Å². The minimum Gasteiger partial charge on any atom is -0.263 e. The Morgan fingerprint density at radius 3 is 2.55 bits per heavy atom. The van der Waals surface area contributed by atoms with Crippen LogP contribution in [-0.2, 0) is 16.3 Å². The van der Waals surface area contributed by atoms with Gasteiger partial charge in [-0.3, -0.25) is 4.98 Å². The minimum absolute atomic E-state index is 0.0153. The van der Waals surface area contributed by atoms with E-state index in [2.05, 4.69) is 20.9 Å². The van der Waals surface area contributed by atoms with E-state index < -0.39 is 15.3 Å². The van der Waals surface area contributed by atoms with Crippen LogP contribution in [0.4, 0.5) is 0 Å². The molecule has 0 amide bonds. The van der Waals surface area contributed by atoms with Crippen LogP contribution in [0.3, 0.4) is 0 Å². The van der Waals surface area contributed by atoms with E-state index in [9.17, 15) is 8.42 Å². The zero-order chi connectivity index (χ0) is 14.8. The Kier molecular flexibility index (Phi) is 5.38. The second kappa shape index (κ2) is 6.51.